The smallest absolute Gasteiger partial charge is 0.379 e. The summed E-state index contributed by atoms with van der Waals surface area (Å²) >= 11 is 0. The van der Waals surface area contributed by atoms with Crippen LogP contribution in [0.1, 0.15) is 23.1 Å². The zero-order valence-corrected chi connectivity index (χ0v) is 21.5. The van der Waals surface area contributed by atoms with Crippen LogP contribution in [0.15, 0.2) is 59.7 Å². The first kappa shape index (κ1) is 28.6. The highest BCUT2D eigenvalue weighted by molar-refractivity contribution is 5.76. The SMILES string of the molecule is N#Cc1ccc(N2CCN(C(=O)CCOCC(Cc3ccccc3)Nc3cn[nH]c(=O)c3C(F)(F)F)CC2)nc1. The van der Waals surface area contributed by atoms with Crippen molar-refractivity contribution in [1.82, 2.24) is 20.1 Å². The van der Waals surface area contributed by atoms with Crippen LogP contribution in [0.3, 0.4) is 0 Å². The molecular formula is C27H28F3N7O3. The van der Waals surface area contributed by atoms with Gasteiger partial charge in [0, 0.05) is 32.4 Å². The standard InChI is InChI=1S/C27H28F3N7O3/c28-27(29,30)25-22(17-33-35-26(25)39)34-21(14-19-4-2-1-3-5-19)18-40-13-8-24(38)37-11-9-36(10-12-37)23-7-6-20(15-31)16-32-23/h1-7,16-17,21H,8-14,18H2,(H2,34,35,39). The van der Waals surface area contributed by atoms with Crippen LogP contribution in [0, 0.1) is 11.3 Å². The highest BCUT2D eigenvalue weighted by Crippen LogP contribution is 2.31. The first-order valence-electron chi connectivity index (χ1n) is 12.7. The van der Waals surface area contributed by atoms with Crippen molar-refractivity contribution in [3.05, 3.63) is 81.9 Å². The molecule has 0 radical (unpaired) electrons. The number of hydrogen-bond donors (Lipinski definition) is 2. The van der Waals surface area contributed by atoms with Crippen LogP contribution in [0.4, 0.5) is 24.7 Å². The fourth-order valence-corrected chi connectivity index (χ4v) is 4.43. The molecule has 0 saturated carbocycles. The minimum Gasteiger partial charge on any atom is -0.379 e. The number of benzene rings is 1. The van der Waals surface area contributed by atoms with E-state index >= 15 is 0 Å². The molecule has 1 atom stereocenters. The van der Waals surface area contributed by atoms with Gasteiger partial charge in [-0.05, 0) is 24.1 Å². The van der Waals surface area contributed by atoms with Gasteiger partial charge >= 0.3 is 6.18 Å². The molecule has 0 aliphatic carbocycles. The maximum atomic E-state index is 13.5. The number of carbonyl (C=O) groups excluding carboxylic acids is 1. The highest BCUT2D eigenvalue weighted by Gasteiger charge is 2.37. The zero-order chi connectivity index (χ0) is 28.5. The van der Waals surface area contributed by atoms with Gasteiger partial charge in [-0.15, -0.1) is 0 Å². The molecule has 4 rings (SSSR count). The third-order valence-electron chi connectivity index (χ3n) is 6.44. The Morgan fingerprint density at radius 2 is 1.88 bits per heavy atom. The molecule has 1 aliphatic rings. The van der Waals surface area contributed by atoms with Gasteiger partial charge in [-0.2, -0.15) is 23.5 Å². The molecule has 0 spiro atoms. The Morgan fingerprint density at radius 1 is 1.12 bits per heavy atom. The van der Waals surface area contributed by atoms with Gasteiger partial charge in [0.05, 0.1) is 43.1 Å². The normalized spacial score (nSPS) is 14.4. The molecule has 3 heterocycles. The Morgan fingerprint density at radius 3 is 2.52 bits per heavy atom. The number of amides is 1. The monoisotopic (exact) mass is 555 g/mol. The number of aromatic nitrogens is 3. The van der Waals surface area contributed by atoms with E-state index in [1.807, 2.05) is 46.4 Å². The Kier molecular flexibility index (Phi) is 9.34. The second-order valence-corrected chi connectivity index (χ2v) is 9.23. The lowest BCUT2D eigenvalue weighted by molar-refractivity contribution is -0.138. The topological polar surface area (TPSA) is 127 Å². The second kappa shape index (κ2) is 13.1. The van der Waals surface area contributed by atoms with Crippen molar-refractivity contribution in [2.24, 2.45) is 0 Å². The van der Waals surface area contributed by atoms with Crippen LogP contribution in [-0.2, 0) is 22.1 Å². The molecule has 1 aliphatic heterocycles. The Labute approximate surface area is 228 Å². The Hall–Kier alpha value is -4.44. The summed E-state index contributed by atoms with van der Waals surface area (Å²) in [5, 5.41) is 17.0. The second-order valence-electron chi connectivity index (χ2n) is 9.23. The van der Waals surface area contributed by atoms with Gasteiger partial charge in [-0.1, -0.05) is 30.3 Å². The Balaban J connectivity index is 1.30. The third kappa shape index (κ3) is 7.57. The summed E-state index contributed by atoms with van der Waals surface area (Å²) in [7, 11) is 0. The number of pyridine rings is 1. The number of carbonyl (C=O) groups is 1. The van der Waals surface area contributed by atoms with Crippen molar-refractivity contribution in [3.8, 4) is 6.07 Å². The predicted molar refractivity (Wildman–Crippen MR) is 141 cm³/mol. The zero-order valence-electron chi connectivity index (χ0n) is 21.5. The van der Waals surface area contributed by atoms with E-state index in [1.165, 1.54) is 6.20 Å². The van der Waals surface area contributed by atoms with E-state index in [2.05, 4.69) is 15.4 Å². The summed E-state index contributed by atoms with van der Waals surface area (Å²) in [5.74, 6) is 0.661. The van der Waals surface area contributed by atoms with Crippen molar-refractivity contribution in [2.45, 2.75) is 25.1 Å². The van der Waals surface area contributed by atoms with Crippen molar-refractivity contribution in [3.63, 3.8) is 0 Å². The van der Waals surface area contributed by atoms with Crippen LogP contribution in [0.5, 0.6) is 0 Å². The van der Waals surface area contributed by atoms with Gasteiger partial charge in [0.2, 0.25) is 5.91 Å². The number of halogens is 3. The fraction of sp³-hybridized carbons (Fsp3) is 0.370. The van der Waals surface area contributed by atoms with Crippen LogP contribution < -0.4 is 15.8 Å². The molecule has 10 nitrogen and oxygen atoms in total. The number of anilines is 2. The van der Waals surface area contributed by atoms with E-state index in [9.17, 15) is 22.8 Å². The summed E-state index contributed by atoms with van der Waals surface area (Å²) in [4.78, 5) is 32.7. The van der Waals surface area contributed by atoms with Gasteiger partial charge in [0.15, 0.2) is 0 Å². The van der Waals surface area contributed by atoms with Gasteiger partial charge in [0.25, 0.3) is 5.56 Å². The first-order chi connectivity index (χ1) is 19.2. The van der Waals surface area contributed by atoms with Gasteiger partial charge in [-0.25, -0.2) is 10.1 Å². The maximum Gasteiger partial charge on any atom is 0.423 e. The summed E-state index contributed by atoms with van der Waals surface area (Å²) in [6, 6.07) is 14.0. The van der Waals surface area contributed by atoms with Gasteiger partial charge < -0.3 is 19.9 Å². The van der Waals surface area contributed by atoms with E-state index in [0.717, 1.165) is 17.6 Å². The summed E-state index contributed by atoms with van der Waals surface area (Å²) < 4.78 is 46.3. The van der Waals surface area contributed by atoms with Crippen LogP contribution >= 0.6 is 0 Å². The summed E-state index contributed by atoms with van der Waals surface area (Å²) in [5.41, 5.74) is -1.79. The molecule has 3 aromatic rings. The van der Waals surface area contributed by atoms with Crippen LogP contribution in [-0.4, -0.2) is 71.4 Å². The molecule has 40 heavy (non-hydrogen) atoms. The van der Waals surface area contributed by atoms with Gasteiger partial charge in [0.1, 0.15) is 17.5 Å². The van der Waals surface area contributed by atoms with E-state index in [-0.39, 0.29) is 25.5 Å². The minimum atomic E-state index is -4.87. The lowest BCUT2D eigenvalue weighted by atomic mass is 10.1. The number of alkyl halides is 3. The van der Waals surface area contributed by atoms with Gasteiger partial charge in [-0.3, -0.25) is 9.59 Å². The maximum absolute atomic E-state index is 13.5. The predicted octanol–water partition coefficient (Wildman–Crippen LogP) is 2.83. The Bertz CT molecular complexity index is 1370. The molecule has 1 aromatic carbocycles. The number of ether oxygens (including phenoxy) is 1. The van der Waals surface area contributed by atoms with Crippen LogP contribution in [0.25, 0.3) is 0 Å². The first-order valence-corrected chi connectivity index (χ1v) is 12.7. The molecule has 1 fully saturated rings. The quantitative estimate of drug-likeness (QED) is 0.366. The number of nitrogens with one attached hydrogen (secondary N) is 2. The molecule has 0 bridgehead atoms. The minimum absolute atomic E-state index is 0.00438. The largest absolute Gasteiger partial charge is 0.423 e. The van der Waals surface area contributed by atoms with Crippen LogP contribution in [0.2, 0.25) is 0 Å². The third-order valence-corrected chi connectivity index (χ3v) is 6.44. The van der Waals surface area contributed by atoms with Crippen molar-refractivity contribution < 1.29 is 22.7 Å². The lowest BCUT2D eigenvalue weighted by Crippen LogP contribution is -2.49. The number of nitriles is 1. The van der Waals surface area contributed by atoms with Crippen molar-refractivity contribution in [2.75, 3.05) is 49.6 Å². The summed E-state index contributed by atoms with van der Waals surface area (Å²) in [6.45, 7) is 2.30. The molecular weight excluding hydrogens is 527 g/mol. The molecule has 1 unspecified atom stereocenters. The fourth-order valence-electron chi connectivity index (χ4n) is 4.43. The van der Waals surface area contributed by atoms with Crippen molar-refractivity contribution in [1.29, 1.82) is 5.26 Å². The molecule has 13 heteroatoms. The molecule has 2 N–H and O–H groups in total. The molecule has 2 aromatic heterocycles. The number of nitrogens with zero attached hydrogens (tertiary/aromatic N) is 5. The number of rotatable bonds is 10. The van der Waals surface area contributed by atoms with Crippen molar-refractivity contribution >= 4 is 17.4 Å². The van der Waals surface area contributed by atoms with E-state index in [0.29, 0.717) is 38.2 Å². The molecule has 210 valence electrons. The number of aromatic amines is 1. The summed E-state index contributed by atoms with van der Waals surface area (Å²) in [6.07, 6.45) is -1.99. The highest BCUT2D eigenvalue weighted by atomic mass is 19.4. The van der Waals surface area contributed by atoms with E-state index in [1.54, 1.807) is 17.0 Å². The molecule has 1 amide bonds. The van der Waals surface area contributed by atoms with E-state index in [4.69, 9.17) is 10.00 Å². The average molecular weight is 556 g/mol. The van der Waals surface area contributed by atoms with E-state index < -0.39 is 29.0 Å². The average Bonchev–Trinajstić information content (AvgIpc) is 2.95. The number of piperazine rings is 1. The number of hydrogen-bond acceptors (Lipinski definition) is 8. The molecule has 1 saturated heterocycles. The number of H-pyrrole nitrogens is 1. The lowest BCUT2D eigenvalue weighted by Gasteiger charge is -2.35.